The summed E-state index contributed by atoms with van der Waals surface area (Å²) in [5, 5.41) is 0. The predicted octanol–water partition coefficient (Wildman–Crippen LogP) is 16.8. The number of unbranched alkanes of at least 4 members (excludes halogenated alkanes) is 37. The zero-order valence-corrected chi connectivity index (χ0v) is 39.3. The predicted molar refractivity (Wildman–Crippen MR) is 247 cm³/mol. The fourth-order valence-electron chi connectivity index (χ4n) is 7.92. The molecule has 0 unspecified atom stereocenters. The van der Waals surface area contributed by atoms with Crippen LogP contribution in [-0.4, -0.2) is 37.2 Å². The van der Waals surface area contributed by atoms with Crippen molar-refractivity contribution in [3.63, 3.8) is 0 Å². The maximum absolute atomic E-state index is 12.7. The van der Waals surface area contributed by atoms with Crippen molar-refractivity contribution in [2.45, 2.75) is 303 Å². The topological polar surface area (TPSA) is 78.9 Å². The summed E-state index contributed by atoms with van der Waals surface area (Å²) in [6.45, 7) is 6.64. The summed E-state index contributed by atoms with van der Waals surface area (Å²) in [5.74, 6) is -0.849. The van der Waals surface area contributed by atoms with Gasteiger partial charge in [-0.2, -0.15) is 0 Å². The number of carbonyl (C=O) groups is 3. The highest BCUT2D eigenvalue weighted by Crippen LogP contribution is 2.17. The lowest BCUT2D eigenvalue weighted by atomic mass is 10.0. The summed E-state index contributed by atoms with van der Waals surface area (Å²) in [5.41, 5.74) is 0. The quantitative estimate of drug-likeness (QED) is 0.0346. The highest BCUT2D eigenvalue weighted by molar-refractivity contribution is 5.71. The molecular formula is C52H100O6. The van der Waals surface area contributed by atoms with Gasteiger partial charge in [0.25, 0.3) is 0 Å². The number of ether oxygens (including phenoxy) is 3. The smallest absolute Gasteiger partial charge is 0.306 e. The van der Waals surface area contributed by atoms with Crippen LogP contribution in [0.15, 0.2) is 0 Å². The average molecular weight is 821 g/mol. The molecule has 0 spiro atoms. The second-order valence-electron chi connectivity index (χ2n) is 17.8. The summed E-state index contributed by atoms with van der Waals surface area (Å²) in [6, 6.07) is 0. The molecule has 0 fully saturated rings. The van der Waals surface area contributed by atoms with Crippen molar-refractivity contribution in [1.82, 2.24) is 0 Å². The molecule has 0 saturated carbocycles. The summed E-state index contributed by atoms with van der Waals surface area (Å²) in [7, 11) is 0. The van der Waals surface area contributed by atoms with Gasteiger partial charge in [0.15, 0.2) is 6.10 Å². The van der Waals surface area contributed by atoms with E-state index in [1.165, 1.54) is 199 Å². The van der Waals surface area contributed by atoms with Gasteiger partial charge in [0.05, 0.1) is 0 Å². The molecule has 0 rings (SSSR count). The minimum Gasteiger partial charge on any atom is -0.462 e. The Kier molecular flexibility index (Phi) is 46.8. The summed E-state index contributed by atoms with van der Waals surface area (Å²) < 4.78 is 16.7. The van der Waals surface area contributed by atoms with Crippen molar-refractivity contribution in [3.8, 4) is 0 Å². The number of esters is 3. The maximum Gasteiger partial charge on any atom is 0.306 e. The van der Waals surface area contributed by atoms with Crippen LogP contribution in [0.1, 0.15) is 297 Å². The second kappa shape index (κ2) is 48.1. The fourth-order valence-corrected chi connectivity index (χ4v) is 7.92. The Bertz CT molecular complexity index is 859. The van der Waals surface area contributed by atoms with Gasteiger partial charge in [0.1, 0.15) is 13.2 Å². The normalized spacial score (nSPS) is 11.8. The first-order valence-electron chi connectivity index (χ1n) is 26.0. The van der Waals surface area contributed by atoms with E-state index in [4.69, 9.17) is 14.2 Å². The van der Waals surface area contributed by atoms with Gasteiger partial charge in [-0.05, 0) is 19.3 Å². The fraction of sp³-hybridized carbons (Fsp3) is 0.942. The molecule has 0 amide bonds. The first kappa shape index (κ1) is 56.4. The van der Waals surface area contributed by atoms with Crippen molar-refractivity contribution in [2.24, 2.45) is 0 Å². The van der Waals surface area contributed by atoms with Crippen LogP contribution in [0.3, 0.4) is 0 Å². The molecule has 6 nitrogen and oxygen atoms in total. The van der Waals surface area contributed by atoms with Gasteiger partial charge < -0.3 is 14.2 Å². The van der Waals surface area contributed by atoms with Gasteiger partial charge in [-0.3, -0.25) is 14.4 Å². The first-order valence-corrected chi connectivity index (χ1v) is 26.0. The molecule has 0 aromatic rings. The molecule has 344 valence electrons. The molecule has 6 heteroatoms. The third-order valence-corrected chi connectivity index (χ3v) is 11.9. The number of hydrogen-bond donors (Lipinski definition) is 0. The monoisotopic (exact) mass is 821 g/mol. The van der Waals surface area contributed by atoms with E-state index in [1.807, 2.05) is 0 Å². The average Bonchev–Trinajstić information content (AvgIpc) is 3.22. The van der Waals surface area contributed by atoms with E-state index in [9.17, 15) is 14.4 Å². The molecule has 0 aliphatic heterocycles. The van der Waals surface area contributed by atoms with Gasteiger partial charge in [-0.15, -0.1) is 0 Å². The third kappa shape index (κ3) is 45.5. The lowest BCUT2D eigenvalue weighted by Crippen LogP contribution is -2.30. The molecular weight excluding hydrogens is 721 g/mol. The minimum atomic E-state index is -0.758. The molecule has 0 heterocycles. The van der Waals surface area contributed by atoms with Crippen LogP contribution in [0.2, 0.25) is 0 Å². The van der Waals surface area contributed by atoms with Crippen LogP contribution in [0.5, 0.6) is 0 Å². The molecule has 0 aliphatic carbocycles. The number of carbonyl (C=O) groups excluding carboxylic acids is 3. The Hall–Kier alpha value is -1.59. The van der Waals surface area contributed by atoms with E-state index >= 15 is 0 Å². The van der Waals surface area contributed by atoms with Crippen molar-refractivity contribution < 1.29 is 28.6 Å². The van der Waals surface area contributed by atoms with Crippen LogP contribution < -0.4 is 0 Å². The van der Waals surface area contributed by atoms with Gasteiger partial charge in [0, 0.05) is 19.3 Å². The van der Waals surface area contributed by atoms with Crippen molar-refractivity contribution in [3.05, 3.63) is 0 Å². The summed E-state index contributed by atoms with van der Waals surface area (Å²) in [4.78, 5) is 37.8. The van der Waals surface area contributed by atoms with E-state index < -0.39 is 6.10 Å². The first-order chi connectivity index (χ1) is 28.5. The Balaban J connectivity index is 4.14. The molecule has 0 aromatic heterocycles. The molecule has 0 saturated heterocycles. The van der Waals surface area contributed by atoms with E-state index in [0.29, 0.717) is 19.3 Å². The molecule has 0 aliphatic rings. The van der Waals surface area contributed by atoms with Crippen molar-refractivity contribution in [1.29, 1.82) is 0 Å². The molecule has 0 radical (unpaired) electrons. The zero-order valence-electron chi connectivity index (χ0n) is 39.3. The lowest BCUT2D eigenvalue weighted by molar-refractivity contribution is -0.167. The Morgan fingerprint density at radius 1 is 0.276 bits per heavy atom. The molecule has 1 atom stereocenters. The number of rotatable bonds is 48. The zero-order chi connectivity index (χ0) is 42.3. The van der Waals surface area contributed by atoms with Crippen LogP contribution in [0, 0.1) is 0 Å². The van der Waals surface area contributed by atoms with Crippen molar-refractivity contribution in [2.75, 3.05) is 13.2 Å². The van der Waals surface area contributed by atoms with E-state index in [0.717, 1.165) is 57.8 Å². The van der Waals surface area contributed by atoms with Gasteiger partial charge >= 0.3 is 17.9 Å². The second-order valence-corrected chi connectivity index (χ2v) is 17.8. The van der Waals surface area contributed by atoms with Gasteiger partial charge in [0.2, 0.25) is 0 Å². The largest absolute Gasteiger partial charge is 0.462 e. The van der Waals surface area contributed by atoms with Gasteiger partial charge in [-0.25, -0.2) is 0 Å². The summed E-state index contributed by atoms with van der Waals surface area (Å²) >= 11 is 0. The van der Waals surface area contributed by atoms with Gasteiger partial charge in [-0.1, -0.05) is 258 Å². The molecule has 0 bridgehead atoms. The maximum atomic E-state index is 12.7. The van der Waals surface area contributed by atoms with E-state index in [1.54, 1.807) is 0 Å². The van der Waals surface area contributed by atoms with Crippen molar-refractivity contribution >= 4 is 17.9 Å². The molecule has 58 heavy (non-hydrogen) atoms. The van der Waals surface area contributed by atoms with E-state index in [2.05, 4.69) is 20.8 Å². The highest BCUT2D eigenvalue weighted by Gasteiger charge is 2.19. The number of hydrogen-bond acceptors (Lipinski definition) is 6. The SMILES string of the molecule is CCCCCCCCCCCCCCCCCCCCC(=O)OC[C@@H](COC(=O)CCCCCCCCCCCCCCCCC)OC(=O)CCCCCCCCC. The van der Waals surface area contributed by atoms with E-state index in [-0.39, 0.29) is 31.1 Å². The third-order valence-electron chi connectivity index (χ3n) is 11.9. The molecule has 0 aromatic carbocycles. The van der Waals surface area contributed by atoms with Crippen LogP contribution in [0.25, 0.3) is 0 Å². The standard InChI is InChI=1S/C52H100O6/c1-4-7-10-13-16-18-20-22-24-25-26-28-30-32-34-37-39-42-45-51(54)57-48-49(58-52(55)46-43-40-35-15-12-9-6-3)47-56-50(53)44-41-38-36-33-31-29-27-23-21-19-17-14-11-8-5-2/h49H,4-48H2,1-3H3/t49-/m1/s1. The highest BCUT2D eigenvalue weighted by atomic mass is 16.6. The van der Waals surface area contributed by atoms with Crippen LogP contribution in [0.4, 0.5) is 0 Å². The summed E-state index contributed by atoms with van der Waals surface area (Å²) in [6.07, 6.45) is 51.0. The van der Waals surface area contributed by atoms with Crippen LogP contribution in [-0.2, 0) is 28.6 Å². The Labute approximate surface area is 361 Å². The Morgan fingerprint density at radius 2 is 0.466 bits per heavy atom. The minimum absolute atomic E-state index is 0.0626. The van der Waals surface area contributed by atoms with Crippen LogP contribution >= 0.6 is 0 Å². The molecule has 0 N–H and O–H groups in total. The lowest BCUT2D eigenvalue weighted by Gasteiger charge is -2.18. The Morgan fingerprint density at radius 3 is 0.690 bits per heavy atom.